The van der Waals surface area contributed by atoms with Gasteiger partial charge in [0.05, 0.1) is 11.6 Å². The van der Waals surface area contributed by atoms with Crippen molar-refractivity contribution in [1.29, 1.82) is 0 Å². The lowest BCUT2D eigenvalue weighted by molar-refractivity contribution is -0.154. The van der Waals surface area contributed by atoms with E-state index in [-0.39, 0.29) is 11.9 Å². The largest absolute Gasteiger partial charge is 0.454 e. The van der Waals surface area contributed by atoms with E-state index >= 15 is 0 Å². The van der Waals surface area contributed by atoms with Crippen molar-refractivity contribution in [1.82, 2.24) is 9.47 Å². The molecule has 0 saturated heterocycles. The molecule has 0 spiro atoms. The third-order valence-electron chi connectivity index (χ3n) is 4.84. The number of likely N-dealkylation sites (N-methyl/N-ethyl adjacent to an activating group) is 1. The Morgan fingerprint density at radius 3 is 2.43 bits per heavy atom. The van der Waals surface area contributed by atoms with Crippen LogP contribution in [0.15, 0.2) is 63.8 Å². The summed E-state index contributed by atoms with van der Waals surface area (Å²) >= 11 is 0. The van der Waals surface area contributed by atoms with Crippen LogP contribution in [0.25, 0.3) is 11.1 Å². The number of oxazole rings is 1. The number of ether oxygens (including phenoxy) is 1. The average Bonchev–Trinajstić information content (AvgIpc) is 3.06. The van der Waals surface area contributed by atoms with E-state index in [1.165, 1.54) is 16.4 Å². The molecule has 1 amide bonds. The van der Waals surface area contributed by atoms with E-state index in [0.717, 1.165) is 5.56 Å². The predicted octanol–water partition coefficient (Wildman–Crippen LogP) is 2.92. The molecule has 2 atom stereocenters. The fourth-order valence-corrected chi connectivity index (χ4v) is 2.98. The first-order chi connectivity index (χ1) is 13.4. The molecule has 0 saturated carbocycles. The van der Waals surface area contributed by atoms with Crippen molar-refractivity contribution in [2.24, 2.45) is 0 Å². The Bertz CT molecular complexity index is 1040. The highest BCUT2D eigenvalue weighted by Gasteiger charge is 2.24. The first-order valence-corrected chi connectivity index (χ1v) is 8.97. The minimum Gasteiger partial charge on any atom is -0.454 e. The van der Waals surface area contributed by atoms with Crippen molar-refractivity contribution < 1.29 is 18.7 Å². The van der Waals surface area contributed by atoms with Crippen LogP contribution in [-0.2, 0) is 14.3 Å². The molecular weight excluding hydrogens is 360 g/mol. The van der Waals surface area contributed by atoms with Gasteiger partial charge in [-0.15, -0.1) is 0 Å². The van der Waals surface area contributed by atoms with Crippen LogP contribution in [0, 0.1) is 0 Å². The highest BCUT2D eigenvalue weighted by molar-refractivity contribution is 5.83. The van der Waals surface area contributed by atoms with Crippen molar-refractivity contribution in [2.45, 2.75) is 25.9 Å². The Balaban J connectivity index is 1.65. The van der Waals surface area contributed by atoms with Gasteiger partial charge in [0.1, 0.15) is 6.04 Å². The number of benzene rings is 2. The van der Waals surface area contributed by atoms with Crippen LogP contribution >= 0.6 is 0 Å². The molecule has 0 N–H and O–H groups in total. The Morgan fingerprint density at radius 2 is 1.71 bits per heavy atom. The maximum atomic E-state index is 12.4. The third-order valence-corrected chi connectivity index (χ3v) is 4.84. The lowest BCUT2D eigenvalue weighted by atomic mass is 10.1. The number of fused-ring (bicyclic) bond motifs is 1. The third kappa shape index (κ3) is 3.83. The molecule has 2 unspecified atom stereocenters. The summed E-state index contributed by atoms with van der Waals surface area (Å²) in [6, 6.07) is 15.3. The quantitative estimate of drug-likeness (QED) is 0.612. The van der Waals surface area contributed by atoms with E-state index in [1.807, 2.05) is 37.3 Å². The van der Waals surface area contributed by atoms with Gasteiger partial charge in [0.25, 0.3) is 5.91 Å². The molecule has 3 rings (SSSR count). The summed E-state index contributed by atoms with van der Waals surface area (Å²) in [5, 5.41) is 0. The normalized spacial score (nSPS) is 13.1. The van der Waals surface area contributed by atoms with Gasteiger partial charge in [0.2, 0.25) is 0 Å². The first-order valence-electron chi connectivity index (χ1n) is 8.97. The molecule has 146 valence electrons. The monoisotopic (exact) mass is 382 g/mol. The molecule has 1 aromatic heterocycles. The number of hydrogen-bond donors (Lipinski definition) is 0. The van der Waals surface area contributed by atoms with E-state index in [2.05, 4.69) is 0 Å². The van der Waals surface area contributed by atoms with E-state index in [0.29, 0.717) is 11.1 Å². The number of para-hydroxylation sites is 2. The summed E-state index contributed by atoms with van der Waals surface area (Å²) < 4.78 is 11.5. The minimum atomic E-state index is -0.916. The number of amides is 1. The zero-order chi connectivity index (χ0) is 20.3. The number of aromatic nitrogens is 1. The summed E-state index contributed by atoms with van der Waals surface area (Å²) in [6.07, 6.45) is 0. The van der Waals surface area contributed by atoms with Gasteiger partial charge in [-0.1, -0.05) is 42.5 Å². The average molecular weight is 382 g/mol. The van der Waals surface area contributed by atoms with Crippen molar-refractivity contribution in [2.75, 3.05) is 13.7 Å². The van der Waals surface area contributed by atoms with E-state index < -0.39 is 24.4 Å². The van der Waals surface area contributed by atoms with Gasteiger partial charge in [-0.05, 0) is 31.5 Å². The van der Waals surface area contributed by atoms with Crippen molar-refractivity contribution >= 4 is 23.0 Å². The summed E-state index contributed by atoms with van der Waals surface area (Å²) in [5.41, 5.74) is 1.87. The fraction of sp³-hybridized carbons (Fsp3) is 0.286. The molecule has 0 bridgehead atoms. The summed E-state index contributed by atoms with van der Waals surface area (Å²) in [4.78, 5) is 38.4. The van der Waals surface area contributed by atoms with Crippen LogP contribution < -0.4 is 5.76 Å². The number of carbonyl (C=O) groups is 2. The molecule has 28 heavy (non-hydrogen) atoms. The molecule has 0 radical (unpaired) electrons. The van der Waals surface area contributed by atoms with Crippen LogP contribution in [0.2, 0.25) is 0 Å². The van der Waals surface area contributed by atoms with E-state index in [4.69, 9.17) is 9.15 Å². The molecule has 7 heteroatoms. The molecule has 7 nitrogen and oxygen atoms in total. The number of hydrogen-bond acceptors (Lipinski definition) is 5. The molecule has 0 fully saturated rings. The van der Waals surface area contributed by atoms with Gasteiger partial charge in [-0.25, -0.2) is 9.59 Å². The summed E-state index contributed by atoms with van der Waals surface area (Å²) in [6.45, 7) is 3.03. The van der Waals surface area contributed by atoms with Crippen molar-refractivity contribution in [3.05, 3.63) is 70.7 Å². The topological polar surface area (TPSA) is 81.8 Å². The fourth-order valence-electron chi connectivity index (χ4n) is 2.98. The van der Waals surface area contributed by atoms with Gasteiger partial charge >= 0.3 is 11.7 Å². The molecule has 0 aliphatic carbocycles. The highest BCUT2D eigenvalue weighted by atomic mass is 16.5. The SMILES string of the molecule is CC(c1ccccc1)N(C)C(=O)COC(=O)C(C)n1c(=O)oc2ccccc21. The van der Waals surface area contributed by atoms with Crippen LogP contribution in [0.1, 0.15) is 31.5 Å². The van der Waals surface area contributed by atoms with Gasteiger partial charge in [-0.2, -0.15) is 0 Å². The maximum absolute atomic E-state index is 12.4. The van der Waals surface area contributed by atoms with Gasteiger partial charge in [0, 0.05) is 7.05 Å². The Morgan fingerprint density at radius 1 is 1.07 bits per heavy atom. The van der Waals surface area contributed by atoms with E-state index in [9.17, 15) is 14.4 Å². The molecule has 0 aliphatic heterocycles. The Labute approximate surface area is 162 Å². The van der Waals surface area contributed by atoms with Gasteiger partial charge < -0.3 is 14.1 Å². The standard InChI is InChI=1S/C21H22N2O5/c1-14(16-9-5-4-6-10-16)22(3)19(24)13-27-20(25)15(2)23-17-11-7-8-12-18(17)28-21(23)26/h4-12,14-15H,13H2,1-3H3. The van der Waals surface area contributed by atoms with Crippen LogP contribution in [0.5, 0.6) is 0 Å². The number of rotatable bonds is 6. The van der Waals surface area contributed by atoms with E-state index in [1.54, 1.807) is 31.3 Å². The van der Waals surface area contributed by atoms with Gasteiger partial charge in [-0.3, -0.25) is 9.36 Å². The van der Waals surface area contributed by atoms with Crippen LogP contribution in [0.3, 0.4) is 0 Å². The van der Waals surface area contributed by atoms with Crippen molar-refractivity contribution in [3.8, 4) is 0 Å². The molecule has 1 heterocycles. The van der Waals surface area contributed by atoms with Crippen LogP contribution in [0.4, 0.5) is 0 Å². The molecule has 3 aromatic rings. The zero-order valence-electron chi connectivity index (χ0n) is 16.0. The number of carbonyl (C=O) groups excluding carboxylic acids is 2. The second-order valence-electron chi connectivity index (χ2n) is 6.58. The summed E-state index contributed by atoms with van der Waals surface area (Å²) in [5.74, 6) is -1.66. The lowest BCUT2D eigenvalue weighted by Crippen LogP contribution is -2.35. The Kier molecular flexibility index (Phi) is 5.63. The molecular formula is C21H22N2O5. The van der Waals surface area contributed by atoms with Gasteiger partial charge in [0.15, 0.2) is 12.2 Å². The Hall–Kier alpha value is -3.35. The van der Waals surface area contributed by atoms with Crippen LogP contribution in [-0.4, -0.2) is 35.0 Å². The number of nitrogens with zero attached hydrogens (tertiary/aromatic N) is 2. The van der Waals surface area contributed by atoms with Crippen molar-refractivity contribution in [3.63, 3.8) is 0 Å². The second kappa shape index (κ2) is 8.12. The smallest absolute Gasteiger partial charge is 0.420 e. The number of esters is 1. The molecule has 0 aliphatic rings. The lowest BCUT2D eigenvalue weighted by Gasteiger charge is -2.25. The molecule has 2 aromatic carbocycles. The minimum absolute atomic E-state index is 0.162. The first kappa shape index (κ1) is 19.4. The predicted molar refractivity (Wildman–Crippen MR) is 104 cm³/mol. The zero-order valence-corrected chi connectivity index (χ0v) is 16.0. The second-order valence-corrected chi connectivity index (χ2v) is 6.58. The summed E-state index contributed by atoms with van der Waals surface area (Å²) in [7, 11) is 1.66. The maximum Gasteiger partial charge on any atom is 0.420 e. The highest BCUT2D eigenvalue weighted by Crippen LogP contribution is 2.19.